The molecular formula is C18H26O7. The summed E-state index contributed by atoms with van der Waals surface area (Å²) in [6.07, 6.45) is 5.08. The van der Waals surface area contributed by atoms with E-state index in [2.05, 4.69) is 0 Å². The molecule has 1 aliphatic carbocycles. The first-order valence-corrected chi connectivity index (χ1v) is 9.20. The van der Waals surface area contributed by atoms with Crippen LogP contribution in [0.5, 0.6) is 0 Å². The monoisotopic (exact) mass is 354 g/mol. The zero-order chi connectivity index (χ0) is 17.5. The van der Waals surface area contributed by atoms with Crippen LogP contribution in [0, 0.1) is 0 Å². The smallest absolute Gasteiger partial charge is 0.333 e. The topological polar surface area (TPSA) is 83.5 Å². The Morgan fingerprint density at radius 3 is 2.32 bits per heavy atom. The molecule has 140 valence electrons. The molecule has 1 N–H and O–H groups in total. The van der Waals surface area contributed by atoms with Crippen LogP contribution in [0.4, 0.5) is 0 Å². The Morgan fingerprint density at radius 2 is 1.76 bits per heavy atom. The van der Waals surface area contributed by atoms with E-state index in [0.29, 0.717) is 38.0 Å². The van der Waals surface area contributed by atoms with E-state index in [-0.39, 0.29) is 0 Å². The molecule has 0 radical (unpaired) electrons. The van der Waals surface area contributed by atoms with Crippen LogP contribution in [0.15, 0.2) is 11.6 Å². The number of hydrogen-bond donors (Lipinski definition) is 1. The Morgan fingerprint density at radius 1 is 1.12 bits per heavy atom. The van der Waals surface area contributed by atoms with Crippen molar-refractivity contribution in [2.75, 3.05) is 20.3 Å². The largest absolute Gasteiger partial charge is 0.466 e. The summed E-state index contributed by atoms with van der Waals surface area (Å²) in [7, 11) is 1.33. The normalized spacial score (nSPS) is 44.2. The molecule has 0 unspecified atom stereocenters. The number of methoxy groups -OCH3 is 1. The molecule has 0 bridgehead atoms. The number of aliphatic hydroxyl groups is 1. The fourth-order valence-electron chi connectivity index (χ4n) is 4.43. The highest BCUT2D eigenvalue weighted by Gasteiger charge is 2.64. The van der Waals surface area contributed by atoms with E-state index in [9.17, 15) is 9.90 Å². The first kappa shape index (κ1) is 17.4. The van der Waals surface area contributed by atoms with Crippen molar-refractivity contribution >= 4 is 5.97 Å². The summed E-state index contributed by atoms with van der Waals surface area (Å²) >= 11 is 0. The van der Waals surface area contributed by atoms with Gasteiger partial charge in [0.15, 0.2) is 0 Å². The number of aliphatic hydroxyl groups excluding tert-OH is 1. The van der Waals surface area contributed by atoms with Gasteiger partial charge in [-0.05, 0) is 31.8 Å². The van der Waals surface area contributed by atoms with Crippen molar-refractivity contribution in [2.45, 2.75) is 74.8 Å². The van der Waals surface area contributed by atoms with Gasteiger partial charge in [-0.2, -0.15) is 0 Å². The number of carbonyl (C=O) groups is 1. The summed E-state index contributed by atoms with van der Waals surface area (Å²) in [6.45, 7) is 1.18. The Kier molecular flexibility index (Phi) is 4.62. The van der Waals surface area contributed by atoms with Gasteiger partial charge in [-0.3, -0.25) is 0 Å². The quantitative estimate of drug-likeness (QED) is 0.713. The van der Waals surface area contributed by atoms with Crippen LogP contribution in [-0.4, -0.2) is 61.3 Å². The van der Waals surface area contributed by atoms with E-state index in [1.165, 1.54) is 13.2 Å². The molecule has 3 fully saturated rings. The second-order valence-electron chi connectivity index (χ2n) is 7.23. The molecular weight excluding hydrogens is 328 g/mol. The lowest BCUT2D eigenvalue weighted by Crippen LogP contribution is -2.71. The molecule has 5 atom stereocenters. The minimum Gasteiger partial charge on any atom is -0.466 e. The summed E-state index contributed by atoms with van der Waals surface area (Å²) in [5.74, 6) is -2.40. The molecule has 0 saturated carbocycles. The van der Waals surface area contributed by atoms with Gasteiger partial charge in [0.1, 0.15) is 12.2 Å². The van der Waals surface area contributed by atoms with Crippen molar-refractivity contribution in [3.05, 3.63) is 11.6 Å². The van der Waals surface area contributed by atoms with Crippen molar-refractivity contribution in [1.29, 1.82) is 0 Å². The predicted molar refractivity (Wildman–Crippen MR) is 85.5 cm³/mol. The van der Waals surface area contributed by atoms with Gasteiger partial charge in [-0.15, -0.1) is 0 Å². The summed E-state index contributed by atoms with van der Waals surface area (Å²) in [5, 5.41) is 10.5. The molecule has 25 heavy (non-hydrogen) atoms. The number of ether oxygens (including phenoxy) is 5. The van der Waals surface area contributed by atoms with Gasteiger partial charge in [-0.25, -0.2) is 4.79 Å². The Labute approximate surface area is 147 Å². The van der Waals surface area contributed by atoms with E-state index in [1.54, 1.807) is 0 Å². The maximum absolute atomic E-state index is 11.9. The Balaban J connectivity index is 1.66. The van der Waals surface area contributed by atoms with Crippen LogP contribution in [-0.2, 0) is 28.5 Å². The Bertz CT molecular complexity index is 546. The highest BCUT2D eigenvalue weighted by Crippen LogP contribution is 2.51. The van der Waals surface area contributed by atoms with Crippen molar-refractivity contribution in [1.82, 2.24) is 0 Å². The molecule has 3 heterocycles. The Hall–Kier alpha value is -0.990. The molecule has 7 nitrogen and oxygen atoms in total. The average molecular weight is 354 g/mol. The molecule has 4 rings (SSSR count). The van der Waals surface area contributed by atoms with E-state index in [4.69, 9.17) is 23.7 Å². The van der Waals surface area contributed by atoms with Crippen molar-refractivity contribution in [2.24, 2.45) is 0 Å². The molecule has 0 aromatic heterocycles. The highest BCUT2D eigenvalue weighted by atomic mass is 16.8. The fraction of sp³-hybridized carbons (Fsp3) is 0.833. The fourth-order valence-corrected chi connectivity index (χ4v) is 4.43. The third-order valence-electron chi connectivity index (χ3n) is 5.66. The second kappa shape index (κ2) is 6.63. The van der Waals surface area contributed by atoms with E-state index >= 15 is 0 Å². The van der Waals surface area contributed by atoms with Gasteiger partial charge in [-0.1, -0.05) is 0 Å². The molecule has 0 aromatic carbocycles. The number of fused-ring (bicyclic) bond motifs is 2. The molecule has 0 aromatic rings. The number of carbonyl (C=O) groups excluding carboxylic acids is 1. The van der Waals surface area contributed by atoms with Gasteiger partial charge < -0.3 is 28.8 Å². The van der Waals surface area contributed by atoms with Crippen molar-refractivity contribution < 1.29 is 33.6 Å². The molecule has 0 amide bonds. The zero-order valence-corrected chi connectivity index (χ0v) is 14.6. The van der Waals surface area contributed by atoms with Gasteiger partial charge in [0.25, 0.3) is 0 Å². The van der Waals surface area contributed by atoms with Crippen LogP contribution in [0.25, 0.3) is 0 Å². The summed E-state index contributed by atoms with van der Waals surface area (Å²) in [5.41, 5.74) is 0.409. The van der Waals surface area contributed by atoms with E-state index < -0.39 is 35.9 Å². The molecule has 3 saturated heterocycles. The lowest BCUT2D eigenvalue weighted by Gasteiger charge is -2.59. The van der Waals surface area contributed by atoms with Crippen LogP contribution >= 0.6 is 0 Å². The summed E-state index contributed by atoms with van der Waals surface area (Å²) < 4.78 is 29.8. The first-order chi connectivity index (χ1) is 12.1. The maximum Gasteiger partial charge on any atom is 0.333 e. The lowest BCUT2D eigenvalue weighted by atomic mass is 9.84. The minimum absolute atomic E-state index is 0.329. The second-order valence-corrected chi connectivity index (χ2v) is 7.23. The third kappa shape index (κ3) is 2.82. The number of hydrogen-bond acceptors (Lipinski definition) is 7. The first-order valence-electron chi connectivity index (χ1n) is 9.20. The SMILES string of the molecule is COC(=O)C1=C[C@@H](O)[C@H]2O[C@@]3(CCCCO3)[C@]3(CCCCO3)O[C@@H]2C1. The molecule has 7 heteroatoms. The van der Waals surface area contributed by atoms with Crippen molar-refractivity contribution in [3.8, 4) is 0 Å². The minimum atomic E-state index is -0.982. The summed E-state index contributed by atoms with van der Waals surface area (Å²) in [4.78, 5) is 11.9. The number of rotatable bonds is 1. The summed E-state index contributed by atoms with van der Waals surface area (Å²) in [6, 6.07) is 0. The van der Waals surface area contributed by atoms with Crippen molar-refractivity contribution in [3.63, 3.8) is 0 Å². The van der Waals surface area contributed by atoms with E-state index in [1.807, 2.05) is 0 Å². The average Bonchev–Trinajstić information content (AvgIpc) is 2.64. The van der Waals surface area contributed by atoms with Crippen LogP contribution in [0.1, 0.15) is 44.9 Å². The maximum atomic E-state index is 11.9. The molecule has 4 aliphatic rings. The van der Waals surface area contributed by atoms with Gasteiger partial charge in [0.2, 0.25) is 11.6 Å². The molecule has 3 aliphatic heterocycles. The zero-order valence-electron chi connectivity index (χ0n) is 14.6. The lowest BCUT2D eigenvalue weighted by molar-refractivity contribution is -0.485. The standard InChI is InChI=1S/C18H26O7/c1-21-16(20)12-10-13(19)15-14(11-12)24-17(6-2-4-8-22-17)18(25-15)7-3-5-9-23-18/h10,13-15,19H,2-9,11H2,1H3/t13-,14-,15-,17+,18+/m1/s1. The predicted octanol–water partition coefficient (Wildman–Crippen LogP) is 1.43. The van der Waals surface area contributed by atoms with E-state index in [0.717, 1.165) is 25.7 Å². The number of esters is 1. The highest BCUT2D eigenvalue weighted by molar-refractivity contribution is 5.88. The third-order valence-corrected chi connectivity index (χ3v) is 5.66. The van der Waals surface area contributed by atoms with Crippen LogP contribution < -0.4 is 0 Å². The van der Waals surface area contributed by atoms with Crippen LogP contribution in [0.3, 0.4) is 0 Å². The van der Waals surface area contributed by atoms with Gasteiger partial charge >= 0.3 is 5.97 Å². The van der Waals surface area contributed by atoms with Crippen LogP contribution in [0.2, 0.25) is 0 Å². The van der Waals surface area contributed by atoms with Gasteiger partial charge in [0.05, 0.1) is 26.4 Å². The van der Waals surface area contributed by atoms with Gasteiger partial charge in [0, 0.05) is 24.8 Å². The molecule has 2 spiro atoms.